The summed E-state index contributed by atoms with van der Waals surface area (Å²) in [6.45, 7) is 5.46. The molecule has 1 rings (SSSR count). The Bertz CT molecular complexity index is 177. The Kier molecular flexibility index (Phi) is 1.12. The molecule has 0 radical (unpaired) electrons. The smallest absolute Gasteiger partial charge is 0.320 e. The number of esters is 1. The summed E-state index contributed by atoms with van der Waals surface area (Å²) in [5.41, 5.74) is -0.399. The Morgan fingerprint density at radius 3 is 2.22 bits per heavy atom. The fraction of sp³-hybridized carbons (Fsp3) is 0.571. The van der Waals surface area contributed by atoms with E-state index in [1.807, 2.05) is 19.9 Å². The lowest BCUT2D eigenvalue weighted by Gasteiger charge is -2.07. The first-order valence-corrected chi connectivity index (χ1v) is 2.94. The van der Waals surface area contributed by atoms with Crippen LogP contribution >= 0.6 is 0 Å². The van der Waals surface area contributed by atoms with E-state index in [1.165, 1.54) is 0 Å². The minimum Gasteiger partial charge on any atom is -0.431 e. The summed E-state index contributed by atoms with van der Waals surface area (Å²) in [7, 11) is 0. The Morgan fingerprint density at radius 1 is 1.56 bits per heavy atom. The summed E-state index contributed by atoms with van der Waals surface area (Å²) in [5.74, 6) is 0.560. The molecule has 0 aromatic carbocycles. The van der Waals surface area contributed by atoms with Gasteiger partial charge in [0.1, 0.15) is 5.76 Å². The zero-order valence-electron chi connectivity index (χ0n) is 5.89. The van der Waals surface area contributed by atoms with Crippen LogP contribution in [0.4, 0.5) is 0 Å². The summed E-state index contributed by atoms with van der Waals surface area (Å²) < 4.78 is 4.80. The van der Waals surface area contributed by atoms with Crippen molar-refractivity contribution in [1.29, 1.82) is 0 Å². The van der Waals surface area contributed by atoms with Crippen molar-refractivity contribution >= 4 is 5.97 Å². The van der Waals surface area contributed by atoms with Crippen LogP contribution in [-0.2, 0) is 9.53 Å². The molecule has 2 heteroatoms. The molecular weight excluding hydrogens is 116 g/mol. The van der Waals surface area contributed by atoms with Crippen LogP contribution in [0.15, 0.2) is 11.8 Å². The van der Waals surface area contributed by atoms with Gasteiger partial charge in [0.15, 0.2) is 0 Å². The van der Waals surface area contributed by atoms with Crippen LogP contribution < -0.4 is 0 Å². The summed E-state index contributed by atoms with van der Waals surface area (Å²) in [5, 5.41) is 0. The van der Waals surface area contributed by atoms with E-state index in [9.17, 15) is 4.79 Å². The van der Waals surface area contributed by atoms with Crippen molar-refractivity contribution < 1.29 is 9.53 Å². The maximum Gasteiger partial charge on any atom is 0.320 e. The molecule has 0 aromatic rings. The third-order valence-corrected chi connectivity index (χ3v) is 1.34. The lowest BCUT2D eigenvalue weighted by Crippen LogP contribution is -2.17. The van der Waals surface area contributed by atoms with E-state index in [0.717, 1.165) is 0 Å². The number of ether oxygens (including phenoxy) is 1. The van der Waals surface area contributed by atoms with Crippen LogP contribution in [-0.4, -0.2) is 5.97 Å². The van der Waals surface area contributed by atoms with Gasteiger partial charge >= 0.3 is 5.97 Å². The summed E-state index contributed by atoms with van der Waals surface area (Å²) in [4.78, 5) is 10.8. The van der Waals surface area contributed by atoms with E-state index in [4.69, 9.17) is 4.74 Å². The molecule has 0 atom stereocenters. The summed E-state index contributed by atoms with van der Waals surface area (Å²) >= 11 is 0. The van der Waals surface area contributed by atoms with Gasteiger partial charge in [-0.2, -0.15) is 0 Å². The third-order valence-electron chi connectivity index (χ3n) is 1.34. The topological polar surface area (TPSA) is 26.3 Å². The number of allylic oxidation sites excluding steroid dienone is 1. The van der Waals surface area contributed by atoms with E-state index >= 15 is 0 Å². The SMILES string of the molecule is CC1=CC(C)(C)C(=O)O1. The molecule has 0 saturated heterocycles. The van der Waals surface area contributed by atoms with Crippen LogP contribution in [0.25, 0.3) is 0 Å². The van der Waals surface area contributed by atoms with Gasteiger partial charge in [-0.25, -0.2) is 0 Å². The standard InChI is InChI=1S/C7H10O2/c1-5-4-7(2,3)6(8)9-5/h4H,1-3H3. The predicted octanol–water partition coefficient (Wildman–Crippen LogP) is 1.47. The molecule has 50 valence electrons. The molecule has 1 aliphatic rings. The first-order chi connectivity index (χ1) is 4.02. The number of carbonyl (C=O) groups excluding carboxylic acids is 1. The van der Waals surface area contributed by atoms with Crippen molar-refractivity contribution in [3.8, 4) is 0 Å². The van der Waals surface area contributed by atoms with Gasteiger partial charge in [0.05, 0.1) is 5.41 Å². The molecule has 0 aromatic heterocycles. The van der Waals surface area contributed by atoms with Crippen LogP contribution in [0.5, 0.6) is 0 Å². The lowest BCUT2D eigenvalue weighted by molar-refractivity contribution is -0.143. The van der Waals surface area contributed by atoms with Gasteiger partial charge in [0, 0.05) is 0 Å². The number of hydrogen-bond donors (Lipinski definition) is 0. The molecule has 2 nitrogen and oxygen atoms in total. The fourth-order valence-electron chi connectivity index (χ4n) is 0.874. The highest BCUT2D eigenvalue weighted by atomic mass is 16.5. The normalized spacial score (nSPS) is 23.4. The van der Waals surface area contributed by atoms with Crippen LogP contribution in [0.3, 0.4) is 0 Å². The average molecular weight is 126 g/mol. The predicted molar refractivity (Wildman–Crippen MR) is 33.6 cm³/mol. The molecule has 0 fully saturated rings. The number of hydrogen-bond acceptors (Lipinski definition) is 2. The Balaban J connectivity index is 2.89. The molecule has 0 N–H and O–H groups in total. The van der Waals surface area contributed by atoms with Gasteiger partial charge in [-0.15, -0.1) is 0 Å². The van der Waals surface area contributed by atoms with Gasteiger partial charge in [0.25, 0.3) is 0 Å². The maximum absolute atomic E-state index is 10.8. The molecule has 1 heterocycles. The molecular formula is C7H10O2. The van der Waals surface area contributed by atoms with Gasteiger partial charge in [0.2, 0.25) is 0 Å². The van der Waals surface area contributed by atoms with Gasteiger partial charge < -0.3 is 4.74 Å². The van der Waals surface area contributed by atoms with Gasteiger partial charge in [-0.1, -0.05) is 0 Å². The van der Waals surface area contributed by atoms with Crippen LogP contribution in [0.2, 0.25) is 0 Å². The minimum absolute atomic E-state index is 0.153. The average Bonchev–Trinajstić information content (AvgIpc) is 1.79. The Morgan fingerprint density at radius 2 is 2.11 bits per heavy atom. The monoisotopic (exact) mass is 126 g/mol. The van der Waals surface area contributed by atoms with Gasteiger partial charge in [-0.05, 0) is 26.8 Å². The Hall–Kier alpha value is -0.790. The van der Waals surface area contributed by atoms with E-state index in [2.05, 4.69) is 0 Å². The van der Waals surface area contributed by atoms with Crippen molar-refractivity contribution in [3.05, 3.63) is 11.8 Å². The quantitative estimate of drug-likeness (QED) is 0.459. The first kappa shape index (κ1) is 6.33. The first-order valence-electron chi connectivity index (χ1n) is 2.94. The van der Waals surface area contributed by atoms with E-state index in [1.54, 1.807) is 6.92 Å². The Labute approximate surface area is 54.5 Å². The highest BCUT2D eigenvalue weighted by Crippen LogP contribution is 2.28. The molecule has 0 saturated carbocycles. The number of carbonyl (C=O) groups is 1. The molecule has 9 heavy (non-hydrogen) atoms. The second-order valence-electron chi connectivity index (χ2n) is 2.87. The van der Waals surface area contributed by atoms with Crippen molar-refractivity contribution in [3.63, 3.8) is 0 Å². The van der Waals surface area contributed by atoms with Crippen molar-refractivity contribution in [2.75, 3.05) is 0 Å². The fourth-order valence-corrected chi connectivity index (χ4v) is 0.874. The molecule has 0 bridgehead atoms. The molecule has 0 spiro atoms. The summed E-state index contributed by atoms with van der Waals surface area (Å²) in [6, 6.07) is 0. The van der Waals surface area contributed by atoms with Crippen molar-refractivity contribution in [2.24, 2.45) is 5.41 Å². The summed E-state index contributed by atoms with van der Waals surface area (Å²) in [6.07, 6.45) is 1.83. The van der Waals surface area contributed by atoms with E-state index in [0.29, 0.717) is 5.76 Å². The molecule has 0 unspecified atom stereocenters. The molecule has 0 amide bonds. The number of rotatable bonds is 0. The molecule has 1 aliphatic heterocycles. The zero-order chi connectivity index (χ0) is 7.07. The van der Waals surface area contributed by atoms with Crippen LogP contribution in [0.1, 0.15) is 20.8 Å². The number of cyclic esters (lactones) is 1. The van der Waals surface area contributed by atoms with Crippen molar-refractivity contribution in [1.82, 2.24) is 0 Å². The second-order valence-corrected chi connectivity index (χ2v) is 2.87. The van der Waals surface area contributed by atoms with E-state index in [-0.39, 0.29) is 5.97 Å². The minimum atomic E-state index is -0.399. The highest BCUT2D eigenvalue weighted by Gasteiger charge is 2.32. The lowest BCUT2D eigenvalue weighted by atomic mass is 9.95. The largest absolute Gasteiger partial charge is 0.431 e. The maximum atomic E-state index is 10.8. The zero-order valence-corrected chi connectivity index (χ0v) is 5.89. The highest BCUT2D eigenvalue weighted by molar-refractivity contribution is 5.81. The van der Waals surface area contributed by atoms with E-state index < -0.39 is 5.41 Å². The second kappa shape index (κ2) is 1.59. The third kappa shape index (κ3) is 0.969. The van der Waals surface area contributed by atoms with Crippen LogP contribution in [0, 0.1) is 5.41 Å². The molecule has 0 aliphatic carbocycles. The van der Waals surface area contributed by atoms with Gasteiger partial charge in [-0.3, -0.25) is 4.79 Å². The van der Waals surface area contributed by atoms with Crippen molar-refractivity contribution in [2.45, 2.75) is 20.8 Å².